The van der Waals surface area contributed by atoms with Gasteiger partial charge in [0.15, 0.2) is 6.10 Å². The number of thiophene rings is 1. The van der Waals surface area contributed by atoms with Gasteiger partial charge in [-0.3, -0.25) is 4.79 Å². The first-order valence-corrected chi connectivity index (χ1v) is 7.79. The number of rotatable bonds is 5. The molecule has 0 aliphatic carbocycles. The minimum absolute atomic E-state index is 0.0929. The maximum absolute atomic E-state index is 12.2. The van der Waals surface area contributed by atoms with Crippen LogP contribution >= 0.6 is 38.9 Å². The fourth-order valence-electron chi connectivity index (χ4n) is 1.60. The van der Waals surface area contributed by atoms with Gasteiger partial charge in [0.05, 0.1) is 20.8 Å². The number of carbonyl (C=O) groups excluding carboxylic acids is 1. The average molecular weight is 376 g/mol. The number of benzene rings is 1. The minimum Gasteiger partial charge on any atom is -0.497 e. The quantitative estimate of drug-likeness (QED) is 0.703. The second-order valence-corrected chi connectivity index (χ2v) is 6.59. The molecule has 1 aromatic carbocycles. The molecule has 1 unspecified atom stereocenters. The van der Waals surface area contributed by atoms with E-state index in [4.69, 9.17) is 21.1 Å². The second kappa shape index (κ2) is 6.61. The van der Waals surface area contributed by atoms with Gasteiger partial charge >= 0.3 is 0 Å². The van der Waals surface area contributed by atoms with E-state index < -0.39 is 6.10 Å². The Bertz CT molecular complexity index is 627. The molecule has 0 saturated heterocycles. The zero-order valence-corrected chi connectivity index (χ0v) is 14.0. The lowest BCUT2D eigenvalue weighted by Crippen LogP contribution is -2.23. The summed E-state index contributed by atoms with van der Waals surface area (Å²) < 4.78 is 12.1. The topological polar surface area (TPSA) is 35.5 Å². The first kappa shape index (κ1) is 15.4. The Hall–Kier alpha value is -1.04. The Labute approximate surface area is 134 Å². The third kappa shape index (κ3) is 3.53. The van der Waals surface area contributed by atoms with Crippen molar-refractivity contribution in [3.8, 4) is 11.5 Å². The van der Waals surface area contributed by atoms with Crippen LogP contribution < -0.4 is 9.47 Å². The number of Topliss-reactive ketones (excluding diaryl/α,β-unsaturated/α-hetero) is 1. The molecule has 0 bridgehead atoms. The van der Waals surface area contributed by atoms with E-state index in [1.54, 1.807) is 44.4 Å². The third-order valence-corrected chi connectivity index (χ3v) is 4.49. The normalized spacial score (nSPS) is 12.0. The van der Waals surface area contributed by atoms with E-state index in [9.17, 15) is 4.79 Å². The molecule has 2 aromatic rings. The van der Waals surface area contributed by atoms with Gasteiger partial charge in [-0.1, -0.05) is 11.6 Å². The van der Waals surface area contributed by atoms with E-state index in [0.29, 0.717) is 20.7 Å². The van der Waals surface area contributed by atoms with Gasteiger partial charge in [0.1, 0.15) is 11.5 Å². The predicted molar refractivity (Wildman–Crippen MR) is 84.4 cm³/mol. The van der Waals surface area contributed by atoms with Gasteiger partial charge in [-0.15, -0.1) is 11.3 Å². The van der Waals surface area contributed by atoms with Crippen LogP contribution in [0.3, 0.4) is 0 Å². The van der Waals surface area contributed by atoms with Crippen LogP contribution in [0.5, 0.6) is 11.5 Å². The molecule has 0 radical (unpaired) electrons. The van der Waals surface area contributed by atoms with Gasteiger partial charge < -0.3 is 9.47 Å². The molecule has 1 aromatic heterocycles. The Balaban J connectivity index is 2.11. The zero-order chi connectivity index (χ0) is 14.7. The molecular formula is C14H12BrClO3S. The van der Waals surface area contributed by atoms with E-state index in [1.165, 1.54) is 11.3 Å². The molecule has 0 spiro atoms. The molecule has 1 heterocycles. The average Bonchev–Trinajstić information content (AvgIpc) is 2.86. The van der Waals surface area contributed by atoms with Crippen molar-refractivity contribution < 1.29 is 14.3 Å². The summed E-state index contributed by atoms with van der Waals surface area (Å²) in [6, 6.07) is 8.73. The summed E-state index contributed by atoms with van der Waals surface area (Å²) in [5.74, 6) is 1.21. The number of ether oxygens (including phenoxy) is 2. The smallest absolute Gasteiger partial charge is 0.212 e. The molecule has 0 amide bonds. The number of carbonyl (C=O) groups is 1. The SMILES string of the molecule is COc1ccc(OC(C)C(=O)c2ccc(Cl)s2)c(Br)c1. The Morgan fingerprint density at radius 2 is 2.10 bits per heavy atom. The third-order valence-electron chi connectivity index (χ3n) is 2.63. The van der Waals surface area contributed by atoms with Crippen molar-refractivity contribution >= 4 is 44.7 Å². The number of hydrogen-bond donors (Lipinski definition) is 0. The van der Waals surface area contributed by atoms with E-state index >= 15 is 0 Å². The van der Waals surface area contributed by atoms with Gasteiger partial charge in [-0.25, -0.2) is 0 Å². The van der Waals surface area contributed by atoms with Crippen LogP contribution in [0.25, 0.3) is 0 Å². The van der Waals surface area contributed by atoms with Gasteiger partial charge in [-0.2, -0.15) is 0 Å². The Morgan fingerprint density at radius 1 is 1.35 bits per heavy atom. The van der Waals surface area contributed by atoms with Crippen molar-refractivity contribution in [1.29, 1.82) is 0 Å². The molecule has 3 nitrogen and oxygen atoms in total. The molecule has 0 N–H and O–H groups in total. The maximum Gasteiger partial charge on any atom is 0.212 e. The van der Waals surface area contributed by atoms with Crippen LogP contribution in [-0.2, 0) is 0 Å². The van der Waals surface area contributed by atoms with Crippen LogP contribution in [0.4, 0.5) is 0 Å². The lowest BCUT2D eigenvalue weighted by atomic mass is 10.2. The highest BCUT2D eigenvalue weighted by molar-refractivity contribution is 9.10. The molecule has 6 heteroatoms. The van der Waals surface area contributed by atoms with E-state index in [2.05, 4.69) is 15.9 Å². The molecular weight excluding hydrogens is 364 g/mol. The van der Waals surface area contributed by atoms with Crippen molar-refractivity contribution in [3.05, 3.63) is 44.0 Å². The first-order valence-electron chi connectivity index (χ1n) is 5.81. The van der Waals surface area contributed by atoms with Gasteiger partial charge in [0, 0.05) is 0 Å². The largest absolute Gasteiger partial charge is 0.497 e. The lowest BCUT2D eigenvalue weighted by molar-refractivity contribution is 0.0821. The molecule has 0 fully saturated rings. The van der Waals surface area contributed by atoms with Crippen LogP contribution in [0.2, 0.25) is 4.34 Å². The minimum atomic E-state index is -0.589. The summed E-state index contributed by atoms with van der Waals surface area (Å²) in [6.45, 7) is 1.71. The molecule has 0 aliphatic rings. The second-order valence-electron chi connectivity index (χ2n) is 4.02. The van der Waals surface area contributed by atoms with Crippen molar-refractivity contribution in [2.45, 2.75) is 13.0 Å². The number of hydrogen-bond acceptors (Lipinski definition) is 4. The zero-order valence-electron chi connectivity index (χ0n) is 10.9. The van der Waals surface area contributed by atoms with Crippen LogP contribution in [0, 0.1) is 0 Å². The standard InChI is InChI=1S/C14H12BrClO3S/c1-8(14(17)12-5-6-13(16)20-12)19-11-4-3-9(18-2)7-10(11)15/h3-8H,1-2H3. The van der Waals surface area contributed by atoms with Crippen LogP contribution in [0.15, 0.2) is 34.8 Å². The fraction of sp³-hybridized carbons (Fsp3) is 0.214. The van der Waals surface area contributed by atoms with E-state index in [0.717, 1.165) is 4.47 Å². The predicted octanol–water partition coefficient (Wildman–Crippen LogP) is 4.82. The Kier molecular flexibility index (Phi) is 5.07. The Morgan fingerprint density at radius 3 is 2.65 bits per heavy atom. The van der Waals surface area contributed by atoms with Crippen molar-refractivity contribution in [3.63, 3.8) is 0 Å². The van der Waals surface area contributed by atoms with E-state index in [1.807, 2.05) is 0 Å². The van der Waals surface area contributed by atoms with Gasteiger partial charge in [0.25, 0.3) is 0 Å². The summed E-state index contributed by atoms with van der Waals surface area (Å²) in [4.78, 5) is 12.8. The molecule has 1 atom stereocenters. The molecule has 2 rings (SSSR count). The highest BCUT2D eigenvalue weighted by Crippen LogP contribution is 2.31. The highest BCUT2D eigenvalue weighted by atomic mass is 79.9. The number of halogens is 2. The lowest BCUT2D eigenvalue weighted by Gasteiger charge is -2.14. The summed E-state index contributed by atoms with van der Waals surface area (Å²) >= 11 is 10.5. The maximum atomic E-state index is 12.2. The summed E-state index contributed by atoms with van der Waals surface area (Å²) in [7, 11) is 1.59. The van der Waals surface area contributed by atoms with Crippen molar-refractivity contribution in [2.24, 2.45) is 0 Å². The summed E-state index contributed by atoms with van der Waals surface area (Å²) in [6.07, 6.45) is -0.589. The van der Waals surface area contributed by atoms with Crippen LogP contribution in [-0.4, -0.2) is 19.0 Å². The van der Waals surface area contributed by atoms with Crippen molar-refractivity contribution in [1.82, 2.24) is 0 Å². The van der Waals surface area contributed by atoms with Gasteiger partial charge in [-0.05, 0) is 53.2 Å². The first-order chi connectivity index (χ1) is 9.51. The van der Waals surface area contributed by atoms with Crippen molar-refractivity contribution in [2.75, 3.05) is 7.11 Å². The van der Waals surface area contributed by atoms with Crippen LogP contribution in [0.1, 0.15) is 16.6 Å². The number of methoxy groups -OCH3 is 1. The van der Waals surface area contributed by atoms with Gasteiger partial charge in [0.2, 0.25) is 5.78 Å². The number of ketones is 1. The summed E-state index contributed by atoms with van der Waals surface area (Å²) in [5, 5.41) is 0. The molecule has 106 valence electrons. The van der Waals surface area contributed by atoms with E-state index in [-0.39, 0.29) is 5.78 Å². The summed E-state index contributed by atoms with van der Waals surface area (Å²) in [5.41, 5.74) is 0. The fourth-order valence-corrected chi connectivity index (χ4v) is 3.11. The molecule has 20 heavy (non-hydrogen) atoms. The molecule has 0 aliphatic heterocycles. The monoisotopic (exact) mass is 374 g/mol. The highest BCUT2D eigenvalue weighted by Gasteiger charge is 2.19. The molecule has 0 saturated carbocycles.